The zero-order chi connectivity index (χ0) is 14.5. The van der Waals surface area contributed by atoms with Crippen LogP contribution >= 0.6 is 0 Å². The van der Waals surface area contributed by atoms with E-state index in [4.69, 9.17) is 5.73 Å². The molecule has 0 bridgehead atoms. The van der Waals surface area contributed by atoms with Gasteiger partial charge in [-0.2, -0.15) is 0 Å². The average Bonchev–Trinajstić information content (AvgIpc) is 2.71. The molecule has 1 aromatic carbocycles. The van der Waals surface area contributed by atoms with Crippen molar-refractivity contribution in [2.75, 3.05) is 30.8 Å². The van der Waals surface area contributed by atoms with Crippen LogP contribution in [0.15, 0.2) is 18.2 Å². The Morgan fingerprint density at radius 2 is 2.20 bits per heavy atom. The fourth-order valence-electron chi connectivity index (χ4n) is 2.95. The zero-order valence-electron chi connectivity index (χ0n) is 12.5. The summed E-state index contributed by atoms with van der Waals surface area (Å²) in [6.07, 6.45) is 4.90. The third-order valence-electron chi connectivity index (χ3n) is 4.26. The van der Waals surface area contributed by atoms with Gasteiger partial charge >= 0.3 is 0 Å². The van der Waals surface area contributed by atoms with Crippen LogP contribution in [0.25, 0.3) is 0 Å². The Bertz CT molecular complexity index is 473. The van der Waals surface area contributed by atoms with Gasteiger partial charge in [0.2, 0.25) is 0 Å². The minimum Gasteiger partial charge on any atom is -0.399 e. The highest BCUT2D eigenvalue weighted by Gasteiger charge is 2.20. The monoisotopic (exact) mass is 275 g/mol. The third kappa shape index (κ3) is 3.24. The lowest BCUT2D eigenvalue weighted by Crippen LogP contribution is -2.28. The Kier molecular flexibility index (Phi) is 4.88. The smallest absolute Gasteiger partial charge is 0.253 e. The molecule has 3 N–H and O–H groups in total. The van der Waals surface area contributed by atoms with Crippen LogP contribution in [0.1, 0.15) is 43.0 Å². The first-order chi connectivity index (χ1) is 9.65. The van der Waals surface area contributed by atoms with E-state index >= 15 is 0 Å². The number of nitrogen functional groups attached to an aromatic ring is 1. The highest BCUT2D eigenvalue weighted by molar-refractivity contribution is 6.00. The number of benzene rings is 1. The highest BCUT2D eigenvalue weighted by Crippen LogP contribution is 2.28. The van der Waals surface area contributed by atoms with Crippen molar-refractivity contribution in [1.29, 1.82) is 0 Å². The molecule has 2 rings (SSSR count). The molecule has 1 fully saturated rings. The van der Waals surface area contributed by atoms with Crippen LogP contribution in [0.3, 0.4) is 0 Å². The molecule has 0 aromatic heterocycles. The van der Waals surface area contributed by atoms with Crippen LogP contribution in [0.5, 0.6) is 0 Å². The summed E-state index contributed by atoms with van der Waals surface area (Å²) in [6.45, 7) is 4.27. The van der Waals surface area contributed by atoms with Gasteiger partial charge in [0, 0.05) is 25.8 Å². The van der Waals surface area contributed by atoms with E-state index in [2.05, 4.69) is 17.1 Å². The van der Waals surface area contributed by atoms with Crippen LogP contribution in [0, 0.1) is 5.92 Å². The highest BCUT2D eigenvalue weighted by atomic mass is 16.1. The average molecular weight is 275 g/mol. The Morgan fingerprint density at radius 3 is 2.90 bits per heavy atom. The van der Waals surface area contributed by atoms with Gasteiger partial charge in [-0.05, 0) is 43.4 Å². The molecule has 4 heteroatoms. The van der Waals surface area contributed by atoms with Crippen molar-refractivity contribution in [3.8, 4) is 0 Å². The van der Waals surface area contributed by atoms with E-state index in [-0.39, 0.29) is 5.91 Å². The van der Waals surface area contributed by atoms with Gasteiger partial charge in [0.25, 0.3) is 5.91 Å². The molecule has 1 saturated heterocycles. The molecule has 1 unspecified atom stereocenters. The van der Waals surface area contributed by atoms with E-state index in [1.54, 1.807) is 13.1 Å². The van der Waals surface area contributed by atoms with Gasteiger partial charge in [-0.25, -0.2) is 0 Å². The van der Waals surface area contributed by atoms with E-state index < -0.39 is 0 Å². The second-order valence-electron chi connectivity index (χ2n) is 5.55. The van der Waals surface area contributed by atoms with E-state index in [9.17, 15) is 4.79 Å². The minimum absolute atomic E-state index is 0.0451. The number of rotatable bonds is 3. The molecule has 20 heavy (non-hydrogen) atoms. The van der Waals surface area contributed by atoms with Crippen molar-refractivity contribution in [3.05, 3.63) is 23.8 Å². The number of anilines is 2. The molecular weight excluding hydrogens is 250 g/mol. The van der Waals surface area contributed by atoms with Crippen molar-refractivity contribution in [2.24, 2.45) is 5.92 Å². The first-order valence-electron chi connectivity index (χ1n) is 7.52. The van der Waals surface area contributed by atoms with Gasteiger partial charge in [0.1, 0.15) is 0 Å². The SMILES string of the molecule is CCC1CCCN(c2cc(N)ccc2C(=O)NC)CC1. The summed E-state index contributed by atoms with van der Waals surface area (Å²) in [4.78, 5) is 14.3. The molecule has 0 spiro atoms. The summed E-state index contributed by atoms with van der Waals surface area (Å²) < 4.78 is 0. The fourth-order valence-corrected chi connectivity index (χ4v) is 2.95. The molecule has 110 valence electrons. The van der Waals surface area contributed by atoms with Crippen LogP contribution in [-0.2, 0) is 0 Å². The number of nitrogens with zero attached hydrogens (tertiary/aromatic N) is 1. The predicted molar refractivity (Wildman–Crippen MR) is 84.1 cm³/mol. The zero-order valence-corrected chi connectivity index (χ0v) is 12.5. The molecule has 1 amide bonds. The third-order valence-corrected chi connectivity index (χ3v) is 4.26. The van der Waals surface area contributed by atoms with E-state index in [1.165, 1.54) is 25.7 Å². The number of carbonyl (C=O) groups excluding carboxylic acids is 1. The molecule has 1 atom stereocenters. The van der Waals surface area contributed by atoms with Crippen LogP contribution in [0.2, 0.25) is 0 Å². The van der Waals surface area contributed by atoms with Gasteiger partial charge in [-0.1, -0.05) is 13.3 Å². The van der Waals surface area contributed by atoms with Gasteiger partial charge in [0.05, 0.1) is 11.3 Å². The van der Waals surface area contributed by atoms with Crippen molar-refractivity contribution >= 4 is 17.3 Å². The summed E-state index contributed by atoms with van der Waals surface area (Å²) in [5.74, 6) is 0.765. The Balaban J connectivity index is 2.26. The fraction of sp³-hybridized carbons (Fsp3) is 0.562. The summed E-state index contributed by atoms with van der Waals surface area (Å²) in [5.41, 5.74) is 8.31. The number of hydrogen-bond donors (Lipinski definition) is 2. The largest absolute Gasteiger partial charge is 0.399 e. The number of nitrogens with two attached hydrogens (primary N) is 1. The lowest BCUT2D eigenvalue weighted by molar-refractivity contribution is 0.0963. The maximum absolute atomic E-state index is 12.0. The molecule has 0 radical (unpaired) electrons. The second kappa shape index (κ2) is 6.64. The van der Waals surface area contributed by atoms with Gasteiger partial charge in [0.15, 0.2) is 0 Å². The van der Waals surface area contributed by atoms with Gasteiger partial charge in [-0.3, -0.25) is 4.79 Å². The lowest BCUT2D eigenvalue weighted by Gasteiger charge is -2.25. The Morgan fingerprint density at radius 1 is 1.40 bits per heavy atom. The predicted octanol–water partition coefficient (Wildman–Crippen LogP) is 2.64. The quantitative estimate of drug-likeness (QED) is 0.834. The summed E-state index contributed by atoms with van der Waals surface area (Å²) in [5, 5.41) is 2.71. The number of hydrogen-bond acceptors (Lipinski definition) is 3. The Hall–Kier alpha value is -1.71. The maximum Gasteiger partial charge on any atom is 0.253 e. The molecule has 4 nitrogen and oxygen atoms in total. The van der Waals surface area contributed by atoms with Gasteiger partial charge < -0.3 is 16.0 Å². The van der Waals surface area contributed by atoms with E-state index in [0.29, 0.717) is 5.69 Å². The van der Waals surface area contributed by atoms with Crippen molar-refractivity contribution in [3.63, 3.8) is 0 Å². The van der Waals surface area contributed by atoms with Gasteiger partial charge in [-0.15, -0.1) is 0 Å². The standard InChI is InChI=1S/C16H25N3O/c1-3-12-5-4-9-19(10-8-12)15-11-13(17)6-7-14(15)16(20)18-2/h6-7,11-12H,3-5,8-10,17H2,1-2H3,(H,18,20). The van der Waals surface area contributed by atoms with Crippen LogP contribution in [-0.4, -0.2) is 26.0 Å². The minimum atomic E-state index is -0.0451. The van der Waals surface area contributed by atoms with Crippen LogP contribution < -0.4 is 16.0 Å². The molecule has 1 heterocycles. The van der Waals surface area contributed by atoms with Crippen LogP contribution in [0.4, 0.5) is 11.4 Å². The second-order valence-corrected chi connectivity index (χ2v) is 5.55. The first kappa shape index (κ1) is 14.7. The summed E-state index contributed by atoms with van der Waals surface area (Å²) in [7, 11) is 1.66. The molecule has 1 aliphatic rings. The molecule has 0 saturated carbocycles. The molecule has 0 aliphatic carbocycles. The Labute approximate surface area is 121 Å². The number of nitrogens with one attached hydrogen (secondary N) is 1. The lowest BCUT2D eigenvalue weighted by atomic mass is 9.98. The topological polar surface area (TPSA) is 58.4 Å². The normalized spacial score (nSPS) is 19.5. The van der Waals surface area contributed by atoms with E-state index in [0.717, 1.165) is 30.3 Å². The van der Waals surface area contributed by atoms with E-state index in [1.807, 2.05) is 12.1 Å². The molecular formula is C16H25N3O. The number of carbonyl (C=O) groups is 1. The van der Waals surface area contributed by atoms with Crippen molar-refractivity contribution in [2.45, 2.75) is 32.6 Å². The maximum atomic E-state index is 12.0. The summed E-state index contributed by atoms with van der Waals surface area (Å²) >= 11 is 0. The van der Waals surface area contributed by atoms with Crippen molar-refractivity contribution in [1.82, 2.24) is 5.32 Å². The van der Waals surface area contributed by atoms with Crippen molar-refractivity contribution < 1.29 is 4.79 Å². The first-order valence-corrected chi connectivity index (χ1v) is 7.52. The molecule has 1 aromatic rings. The number of amides is 1. The summed E-state index contributed by atoms with van der Waals surface area (Å²) in [6, 6.07) is 5.54. The molecule has 1 aliphatic heterocycles.